The van der Waals surface area contributed by atoms with Crippen molar-refractivity contribution < 1.29 is 20.1 Å². The zero-order valence-corrected chi connectivity index (χ0v) is 19.0. The number of halogens is 3. The van der Waals surface area contributed by atoms with E-state index in [4.69, 9.17) is 39.5 Å². The smallest absolute Gasteiger partial charge is 0.144 e. The highest BCUT2D eigenvalue weighted by atomic mass is 35.5. The van der Waals surface area contributed by atoms with E-state index in [2.05, 4.69) is 15.9 Å². The Balaban J connectivity index is 1.56. The summed E-state index contributed by atoms with van der Waals surface area (Å²) in [6.45, 7) is -0.414. The van der Waals surface area contributed by atoms with Gasteiger partial charge in [-0.05, 0) is 18.2 Å². The number of aromatic nitrogens is 1. The number of nitrogens with one attached hydrogen (secondary N) is 2. The van der Waals surface area contributed by atoms with E-state index in [0.717, 1.165) is 4.90 Å². The Labute approximate surface area is 195 Å². The van der Waals surface area contributed by atoms with Crippen molar-refractivity contribution in [3.63, 3.8) is 0 Å². The zero-order chi connectivity index (χ0) is 21.4. The van der Waals surface area contributed by atoms with E-state index in [1.807, 2.05) is 0 Å². The first kappa shape index (κ1) is 22.4. The average molecular weight is 512 g/mol. The number of hydrazine groups is 2. The van der Waals surface area contributed by atoms with Crippen molar-refractivity contribution in [3.05, 3.63) is 50.0 Å². The normalized spacial score (nSPS) is 29.1. The van der Waals surface area contributed by atoms with Crippen molar-refractivity contribution in [1.82, 2.24) is 21.0 Å². The number of aliphatic hydroxyl groups is 3. The SMILES string of the molecule is OCC1O[C@H](Sc2ccc(Cl)c(Cl)c2)C(O)C(N2C=C(c3nc(Cl)cs3)NN2)[C@H]1O. The molecule has 0 saturated carbocycles. The summed E-state index contributed by atoms with van der Waals surface area (Å²) in [6, 6.07) is 4.25. The van der Waals surface area contributed by atoms with Gasteiger partial charge in [-0.2, -0.15) is 0 Å². The average Bonchev–Trinajstić information content (AvgIpc) is 3.36. The predicted octanol–water partition coefficient (Wildman–Crippen LogP) is 2.33. The van der Waals surface area contributed by atoms with Crippen LogP contribution < -0.4 is 11.0 Å². The quantitative estimate of drug-likeness (QED) is 0.413. The summed E-state index contributed by atoms with van der Waals surface area (Å²) in [7, 11) is 0. The molecule has 162 valence electrons. The molecule has 0 radical (unpaired) electrons. The van der Waals surface area contributed by atoms with Gasteiger partial charge in [0, 0.05) is 16.5 Å². The van der Waals surface area contributed by atoms with Gasteiger partial charge in [-0.1, -0.05) is 46.6 Å². The zero-order valence-electron chi connectivity index (χ0n) is 15.1. The molecule has 3 heterocycles. The third-order valence-corrected chi connectivity index (χ3v) is 7.69. The summed E-state index contributed by atoms with van der Waals surface area (Å²) < 4.78 is 5.75. The number of nitrogens with zero attached hydrogens (tertiary/aromatic N) is 2. The summed E-state index contributed by atoms with van der Waals surface area (Å²) in [6.07, 6.45) is -1.51. The van der Waals surface area contributed by atoms with Crippen molar-refractivity contribution >= 4 is 63.6 Å². The van der Waals surface area contributed by atoms with E-state index in [-0.39, 0.29) is 0 Å². The van der Waals surface area contributed by atoms with E-state index in [1.54, 1.807) is 29.8 Å². The minimum atomic E-state index is -1.17. The first-order chi connectivity index (χ1) is 14.4. The lowest BCUT2D eigenvalue weighted by molar-refractivity contribution is -0.189. The molecular weight excluding hydrogens is 495 g/mol. The molecule has 2 aromatic rings. The van der Waals surface area contributed by atoms with Gasteiger partial charge < -0.3 is 20.1 Å². The molecule has 5 N–H and O–H groups in total. The van der Waals surface area contributed by atoms with Crippen molar-refractivity contribution in [2.24, 2.45) is 0 Å². The number of aliphatic hydroxyl groups excluding tert-OH is 3. The first-order valence-corrected chi connectivity index (χ1v) is 11.6. The van der Waals surface area contributed by atoms with Gasteiger partial charge in [0.1, 0.15) is 45.6 Å². The second kappa shape index (κ2) is 9.37. The highest BCUT2D eigenvalue weighted by Crippen LogP contribution is 2.37. The highest BCUT2D eigenvalue weighted by molar-refractivity contribution is 7.99. The Kier molecular flexibility index (Phi) is 7.00. The molecule has 3 unspecified atom stereocenters. The third kappa shape index (κ3) is 4.53. The van der Waals surface area contributed by atoms with Gasteiger partial charge in [0.25, 0.3) is 0 Å². The molecule has 5 atom stereocenters. The highest BCUT2D eigenvalue weighted by Gasteiger charge is 2.48. The van der Waals surface area contributed by atoms with Crippen LogP contribution in [0.1, 0.15) is 5.01 Å². The number of benzene rings is 1. The maximum Gasteiger partial charge on any atom is 0.144 e. The van der Waals surface area contributed by atoms with Gasteiger partial charge in [0.05, 0.1) is 16.7 Å². The Morgan fingerprint density at radius 2 is 2.00 bits per heavy atom. The molecule has 13 heteroatoms. The predicted molar refractivity (Wildman–Crippen MR) is 117 cm³/mol. The molecule has 0 bridgehead atoms. The monoisotopic (exact) mass is 510 g/mol. The number of rotatable bonds is 5. The maximum atomic E-state index is 11.0. The Bertz CT molecular complexity index is 949. The van der Waals surface area contributed by atoms with Gasteiger partial charge >= 0.3 is 0 Å². The molecule has 0 amide bonds. The Morgan fingerprint density at radius 1 is 1.20 bits per heavy atom. The number of thioether (sulfide) groups is 1. The van der Waals surface area contributed by atoms with Crippen LogP contribution in [0.5, 0.6) is 0 Å². The van der Waals surface area contributed by atoms with Crippen LogP contribution in [0.25, 0.3) is 5.70 Å². The fourth-order valence-electron chi connectivity index (χ4n) is 3.15. The van der Waals surface area contributed by atoms with E-state index in [1.165, 1.54) is 28.1 Å². The first-order valence-electron chi connectivity index (χ1n) is 8.74. The summed E-state index contributed by atoms with van der Waals surface area (Å²) in [5.41, 5.74) is 5.70. The van der Waals surface area contributed by atoms with E-state index >= 15 is 0 Å². The van der Waals surface area contributed by atoms with Crippen LogP contribution in [0.4, 0.5) is 0 Å². The fraction of sp³-hybridized carbons (Fsp3) is 0.353. The molecule has 2 aliphatic rings. The number of hydrogen-bond acceptors (Lipinski definition) is 10. The van der Waals surface area contributed by atoms with Crippen LogP contribution in [0.15, 0.2) is 34.7 Å². The second-order valence-electron chi connectivity index (χ2n) is 6.55. The largest absolute Gasteiger partial charge is 0.394 e. The van der Waals surface area contributed by atoms with Gasteiger partial charge in [-0.25, -0.2) is 4.98 Å². The molecule has 1 aromatic carbocycles. The van der Waals surface area contributed by atoms with Crippen molar-refractivity contribution in [2.75, 3.05) is 6.61 Å². The van der Waals surface area contributed by atoms with Crippen LogP contribution in [0.2, 0.25) is 15.2 Å². The van der Waals surface area contributed by atoms with Gasteiger partial charge in [-0.15, -0.1) is 16.9 Å². The molecule has 2 aliphatic heterocycles. The number of ether oxygens (including phenoxy) is 1. The van der Waals surface area contributed by atoms with Crippen LogP contribution in [0, 0.1) is 0 Å². The molecule has 30 heavy (non-hydrogen) atoms. The van der Waals surface area contributed by atoms with Crippen molar-refractivity contribution in [1.29, 1.82) is 0 Å². The molecule has 0 spiro atoms. The van der Waals surface area contributed by atoms with Gasteiger partial charge in [0.2, 0.25) is 0 Å². The van der Waals surface area contributed by atoms with Crippen LogP contribution >= 0.6 is 57.9 Å². The summed E-state index contributed by atoms with van der Waals surface area (Å²) >= 11 is 20.5. The molecule has 8 nitrogen and oxygen atoms in total. The maximum absolute atomic E-state index is 11.0. The number of thiazole rings is 1. The third-order valence-electron chi connectivity index (χ3n) is 4.61. The summed E-state index contributed by atoms with van der Waals surface area (Å²) in [5.74, 6) is 0. The second-order valence-corrected chi connectivity index (χ2v) is 9.78. The van der Waals surface area contributed by atoms with E-state index < -0.39 is 36.4 Å². The lowest BCUT2D eigenvalue weighted by Gasteiger charge is -2.45. The van der Waals surface area contributed by atoms with Crippen LogP contribution in [0.3, 0.4) is 0 Å². The Morgan fingerprint density at radius 3 is 2.67 bits per heavy atom. The van der Waals surface area contributed by atoms with E-state index in [9.17, 15) is 15.3 Å². The lowest BCUT2D eigenvalue weighted by atomic mass is 9.97. The molecular formula is C17H17Cl3N4O4S2. The van der Waals surface area contributed by atoms with E-state index in [0.29, 0.717) is 25.9 Å². The molecule has 1 fully saturated rings. The minimum Gasteiger partial charge on any atom is -0.394 e. The van der Waals surface area contributed by atoms with Crippen LogP contribution in [-0.4, -0.2) is 61.7 Å². The van der Waals surface area contributed by atoms with Crippen molar-refractivity contribution in [3.8, 4) is 0 Å². The van der Waals surface area contributed by atoms with Crippen LogP contribution in [-0.2, 0) is 4.74 Å². The molecule has 1 aromatic heterocycles. The minimum absolute atomic E-state index is 0.376. The van der Waals surface area contributed by atoms with Crippen molar-refractivity contribution in [2.45, 2.75) is 34.7 Å². The van der Waals surface area contributed by atoms with Gasteiger partial charge in [-0.3, -0.25) is 10.4 Å². The fourth-order valence-corrected chi connectivity index (χ4v) is 5.53. The summed E-state index contributed by atoms with van der Waals surface area (Å²) in [5, 5.41) is 36.5. The molecule has 0 aliphatic carbocycles. The number of hydrogen-bond donors (Lipinski definition) is 5. The van der Waals surface area contributed by atoms with Gasteiger partial charge in [0.15, 0.2) is 0 Å². The lowest BCUT2D eigenvalue weighted by Crippen LogP contribution is -2.65. The Hall–Kier alpha value is -0.790. The molecule has 1 saturated heterocycles. The topological polar surface area (TPSA) is 110 Å². The molecule has 4 rings (SSSR count). The standard InChI is InChI=1S/C17H17Cl3N4O4S2/c18-8-2-1-7(3-9(8)19)30-17-15(27)13(14(26)11(5-25)28-17)24-4-10(22-23-24)16-21-12(20)6-29-16/h1-4,6,11,13-15,17,22-23,25-27H,5H2/t11?,13?,14-,15?,17+/m0/s1. The summed E-state index contributed by atoms with van der Waals surface area (Å²) in [4.78, 5) is 4.92.